The molecule has 0 aliphatic carbocycles. The van der Waals surface area contributed by atoms with Crippen LogP contribution in [0.1, 0.15) is 12.5 Å². The molecule has 1 aliphatic rings. The Bertz CT molecular complexity index is 589. The van der Waals surface area contributed by atoms with E-state index in [0.717, 1.165) is 15.8 Å². The Morgan fingerprint density at radius 1 is 1.50 bits per heavy atom. The van der Waals surface area contributed by atoms with E-state index in [0.29, 0.717) is 26.2 Å². The van der Waals surface area contributed by atoms with E-state index in [9.17, 15) is 9.59 Å². The Morgan fingerprint density at radius 3 is 2.95 bits per heavy atom. The van der Waals surface area contributed by atoms with Crippen LogP contribution >= 0.6 is 15.9 Å². The fourth-order valence-corrected chi connectivity index (χ4v) is 2.72. The number of benzene rings is 1. The maximum absolute atomic E-state index is 12.5. The summed E-state index contributed by atoms with van der Waals surface area (Å²) < 4.78 is 6.62. The second kappa shape index (κ2) is 7.45. The fourth-order valence-electron chi connectivity index (χ4n) is 2.31. The van der Waals surface area contributed by atoms with Crippen molar-refractivity contribution in [2.24, 2.45) is 0 Å². The molecule has 2 rings (SSSR count). The fraction of sp³-hybridized carbons (Fsp3) is 0.375. The largest absolute Gasteiger partial charge is 0.491 e. The second-order valence-corrected chi connectivity index (χ2v) is 5.89. The number of carbonyl (C=O) groups excluding carboxylic acids is 2. The molecule has 118 valence electrons. The number of likely N-dealkylation sites (N-methyl/N-ethyl adjacent to an activating group) is 1. The standard InChI is InChI=1S/C16H19BrN2O3/c1-3-15(20)18(4-2)11-16(21)19-7-8-22-14-6-5-13(17)9-12(14)10-19/h3,5-6,9H,1,4,7-8,10-11H2,2H3. The highest BCUT2D eigenvalue weighted by Crippen LogP contribution is 2.26. The van der Waals surface area contributed by atoms with Crippen LogP contribution in [0.5, 0.6) is 5.75 Å². The molecule has 1 aliphatic heterocycles. The topological polar surface area (TPSA) is 49.9 Å². The SMILES string of the molecule is C=CC(=O)N(CC)CC(=O)N1CCOc2ccc(Br)cc2C1. The van der Waals surface area contributed by atoms with E-state index < -0.39 is 0 Å². The number of amides is 2. The molecule has 0 bridgehead atoms. The lowest BCUT2D eigenvalue weighted by atomic mass is 10.2. The van der Waals surface area contributed by atoms with Gasteiger partial charge in [0.1, 0.15) is 18.9 Å². The Balaban J connectivity index is 2.10. The maximum Gasteiger partial charge on any atom is 0.246 e. The van der Waals surface area contributed by atoms with Crippen molar-refractivity contribution >= 4 is 27.7 Å². The highest BCUT2D eigenvalue weighted by atomic mass is 79.9. The number of hydrogen-bond acceptors (Lipinski definition) is 3. The van der Waals surface area contributed by atoms with E-state index in [1.165, 1.54) is 11.0 Å². The molecule has 22 heavy (non-hydrogen) atoms. The van der Waals surface area contributed by atoms with Gasteiger partial charge in [0.25, 0.3) is 0 Å². The molecule has 0 unspecified atom stereocenters. The predicted octanol–water partition coefficient (Wildman–Crippen LogP) is 2.20. The van der Waals surface area contributed by atoms with Gasteiger partial charge in [-0.2, -0.15) is 0 Å². The molecule has 1 aromatic carbocycles. The Labute approximate surface area is 138 Å². The molecule has 0 saturated heterocycles. The molecule has 1 aromatic rings. The van der Waals surface area contributed by atoms with Gasteiger partial charge >= 0.3 is 0 Å². The van der Waals surface area contributed by atoms with Crippen molar-refractivity contribution in [2.45, 2.75) is 13.5 Å². The normalized spacial score (nSPS) is 13.6. The summed E-state index contributed by atoms with van der Waals surface area (Å²) in [6.45, 7) is 7.27. The van der Waals surface area contributed by atoms with Crippen molar-refractivity contribution < 1.29 is 14.3 Å². The summed E-state index contributed by atoms with van der Waals surface area (Å²) >= 11 is 3.43. The number of ether oxygens (including phenoxy) is 1. The molecular weight excluding hydrogens is 348 g/mol. The molecule has 0 N–H and O–H groups in total. The molecule has 0 radical (unpaired) electrons. The summed E-state index contributed by atoms with van der Waals surface area (Å²) in [5.74, 6) is 0.478. The minimum absolute atomic E-state index is 0.0602. The summed E-state index contributed by atoms with van der Waals surface area (Å²) in [6, 6.07) is 5.76. The van der Waals surface area contributed by atoms with E-state index in [1.807, 2.05) is 25.1 Å². The monoisotopic (exact) mass is 366 g/mol. The van der Waals surface area contributed by atoms with Gasteiger partial charge in [0.05, 0.1) is 6.54 Å². The quantitative estimate of drug-likeness (QED) is 0.767. The van der Waals surface area contributed by atoms with E-state index in [-0.39, 0.29) is 18.4 Å². The van der Waals surface area contributed by atoms with Gasteiger partial charge in [0, 0.05) is 23.1 Å². The van der Waals surface area contributed by atoms with Crippen LogP contribution < -0.4 is 4.74 Å². The van der Waals surface area contributed by atoms with Crippen LogP contribution in [-0.2, 0) is 16.1 Å². The molecule has 6 heteroatoms. The molecule has 0 spiro atoms. The first-order chi connectivity index (χ1) is 10.5. The van der Waals surface area contributed by atoms with E-state index in [1.54, 1.807) is 4.90 Å². The van der Waals surface area contributed by atoms with Gasteiger partial charge in [0.15, 0.2) is 0 Å². The summed E-state index contributed by atoms with van der Waals surface area (Å²) in [5, 5.41) is 0. The average molecular weight is 367 g/mol. The summed E-state index contributed by atoms with van der Waals surface area (Å²) in [7, 11) is 0. The third-order valence-electron chi connectivity index (χ3n) is 3.55. The predicted molar refractivity (Wildman–Crippen MR) is 87.5 cm³/mol. The number of hydrogen-bond donors (Lipinski definition) is 0. The summed E-state index contributed by atoms with van der Waals surface area (Å²) in [5.41, 5.74) is 0.957. The van der Waals surface area contributed by atoms with Crippen molar-refractivity contribution in [1.29, 1.82) is 0 Å². The molecule has 0 aromatic heterocycles. The second-order valence-electron chi connectivity index (χ2n) is 4.97. The van der Waals surface area contributed by atoms with Gasteiger partial charge in [0.2, 0.25) is 11.8 Å². The lowest BCUT2D eigenvalue weighted by Crippen LogP contribution is -2.42. The van der Waals surface area contributed by atoms with Gasteiger partial charge in [-0.05, 0) is 31.2 Å². The van der Waals surface area contributed by atoms with Crippen LogP contribution in [0.15, 0.2) is 35.3 Å². The zero-order chi connectivity index (χ0) is 16.1. The Kier molecular flexibility index (Phi) is 5.60. The number of fused-ring (bicyclic) bond motifs is 1. The number of halogens is 1. The average Bonchev–Trinajstić information content (AvgIpc) is 2.73. The van der Waals surface area contributed by atoms with Crippen molar-refractivity contribution in [2.75, 3.05) is 26.2 Å². The number of carbonyl (C=O) groups is 2. The molecule has 5 nitrogen and oxygen atoms in total. The van der Waals surface area contributed by atoms with Crippen LogP contribution in [0.2, 0.25) is 0 Å². The maximum atomic E-state index is 12.5. The molecule has 0 saturated carbocycles. The minimum Gasteiger partial charge on any atom is -0.491 e. The molecule has 0 atom stereocenters. The van der Waals surface area contributed by atoms with Crippen molar-refractivity contribution in [3.8, 4) is 5.75 Å². The van der Waals surface area contributed by atoms with Gasteiger partial charge in [-0.25, -0.2) is 0 Å². The van der Waals surface area contributed by atoms with Crippen LogP contribution in [0.3, 0.4) is 0 Å². The third kappa shape index (κ3) is 3.88. The zero-order valence-electron chi connectivity index (χ0n) is 12.5. The number of rotatable bonds is 4. The third-order valence-corrected chi connectivity index (χ3v) is 4.04. The van der Waals surface area contributed by atoms with Crippen molar-refractivity contribution in [3.63, 3.8) is 0 Å². The highest BCUT2D eigenvalue weighted by Gasteiger charge is 2.22. The first-order valence-corrected chi connectivity index (χ1v) is 7.94. The Morgan fingerprint density at radius 2 is 2.27 bits per heavy atom. The zero-order valence-corrected chi connectivity index (χ0v) is 14.1. The molecule has 0 fully saturated rings. The van der Waals surface area contributed by atoms with Crippen LogP contribution in [0.25, 0.3) is 0 Å². The van der Waals surface area contributed by atoms with Crippen LogP contribution in [0.4, 0.5) is 0 Å². The van der Waals surface area contributed by atoms with Gasteiger partial charge < -0.3 is 14.5 Å². The smallest absolute Gasteiger partial charge is 0.246 e. The van der Waals surface area contributed by atoms with Crippen LogP contribution in [-0.4, -0.2) is 47.9 Å². The molecule has 2 amide bonds. The summed E-state index contributed by atoms with van der Waals surface area (Å²) in [4.78, 5) is 27.3. The van der Waals surface area contributed by atoms with Gasteiger partial charge in [-0.1, -0.05) is 22.5 Å². The first-order valence-electron chi connectivity index (χ1n) is 7.15. The van der Waals surface area contributed by atoms with E-state index >= 15 is 0 Å². The lowest BCUT2D eigenvalue weighted by molar-refractivity contribution is -0.138. The van der Waals surface area contributed by atoms with Crippen molar-refractivity contribution in [3.05, 3.63) is 40.9 Å². The Hall–Kier alpha value is -1.82. The van der Waals surface area contributed by atoms with Crippen LogP contribution in [0, 0.1) is 0 Å². The van der Waals surface area contributed by atoms with Gasteiger partial charge in [-0.3, -0.25) is 9.59 Å². The first kappa shape index (κ1) is 16.5. The van der Waals surface area contributed by atoms with E-state index in [2.05, 4.69) is 22.5 Å². The number of nitrogens with zero attached hydrogens (tertiary/aromatic N) is 2. The lowest BCUT2D eigenvalue weighted by Gasteiger charge is -2.25. The molecule has 1 heterocycles. The minimum atomic E-state index is -0.231. The van der Waals surface area contributed by atoms with E-state index in [4.69, 9.17) is 4.74 Å². The highest BCUT2D eigenvalue weighted by molar-refractivity contribution is 9.10. The summed E-state index contributed by atoms with van der Waals surface area (Å²) in [6.07, 6.45) is 1.23. The van der Waals surface area contributed by atoms with Gasteiger partial charge in [-0.15, -0.1) is 0 Å². The van der Waals surface area contributed by atoms with Crippen molar-refractivity contribution in [1.82, 2.24) is 9.80 Å². The molecular formula is C16H19BrN2O3.